The highest BCUT2D eigenvalue weighted by molar-refractivity contribution is 9.10. The third-order valence-electron chi connectivity index (χ3n) is 2.19. The molecule has 1 heterocycles. The minimum Gasteiger partial charge on any atom is -0.476 e. The maximum absolute atomic E-state index is 11.0. The van der Waals surface area contributed by atoms with Gasteiger partial charge in [0.25, 0.3) is 0 Å². The summed E-state index contributed by atoms with van der Waals surface area (Å²) in [5.41, 5.74) is -0.0160. The van der Waals surface area contributed by atoms with Crippen molar-refractivity contribution in [3.63, 3.8) is 0 Å². The molecule has 98 valence electrons. The summed E-state index contributed by atoms with van der Waals surface area (Å²) in [6.07, 6.45) is 1.46. The number of rotatable bonds is 4. The number of nitrogens with zero attached hydrogens (tertiary/aromatic N) is 2. The molecule has 0 aliphatic carbocycles. The molecule has 0 spiro atoms. The van der Waals surface area contributed by atoms with Crippen LogP contribution in [-0.2, 0) is 5.75 Å². The summed E-state index contributed by atoms with van der Waals surface area (Å²) in [6, 6.07) is 7.81. The van der Waals surface area contributed by atoms with Gasteiger partial charge in [0.05, 0.1) is 10.2 Å². The molecule has 0 fully saturated rings. The van der Waals surface area contributed by atoms with E-state index in [0.29, 0.717) is 16.0 Å². The minimum absolute atomic E-state index is 0.0160. The van der Waals surface area contributed by atoms with Crippen molar-refractivity contribution < 1.29 is 9.90 Å². The number of hydrogen-bond acceptors (Lipinski definition) is 4. The van der Waals surface area contributed by atoms with Gasteiger partial charge in [-0.05, 0) is 44.0 Å². The Morgan fingerprint density at radius 2 is 2.00 bits per heavy atom. The molecule has 19 heavy (non-hydrogen) atoms. The van der Waals surface area contributed by atoms with E-state index in [-0.39, 0.29) is 5.69 Å². The minimum atomic E-state index is -1.07. The van der Waals surface area contributed by atoms with Gasteiger partial charge in [-0.2, -0.15) is 0 Å². The Bertz CT molecular complexity index is 622. The van der Waals surface area contributed by atoms with Crippen molar-refractivity contribution in [2.75, 3.05) is 0 Å². The van der Waals surface area contributed by atoms with Gasteiger partial charge in [0.2, 0.25) is 0 Å². The lowest BCUT2D eigenvalue weighted by molar-refractivity contribution is 0.0689. The molecule has 4 nitrogen and oxygen atoms in total. The number of aromatic carboxylic acids is 1. The molecule has 0 aliphatic rings. The van der Waals surface area contributed by atoms with E-state index in [1.807, 2.05) is 24.3 Å². The van der Waals surface area contributed by atoms with Crippen LogP contribution < -0.4 is 0 Å². The third kappa shape index (κ3) is 3.77. The molecule has 0 saturated carbocycles. The zero-order valence-corrected chi connectivity index (χ0v) is 13.5. The van der Waals surface area contributed by atoms with Crippen LogP contribution in [0.1, 0.15) is 16.3 Å². The van der Waals surface area contributed by atoms with Crippen molar-refractivity contribution in [3.05, 3.63) is 50.9 Å². The first-order chi connectivity index (χ1) is 9.08. The molecule has 0 unspecified atom stereocenters. The van der Waals surface area contributed by atoms with E-state index in [1.165, 1.54) is 6.20 Å². The van der Waals surface area contributed by atoms with E-state index >= 15 is 0 Å². The van der Waals surface area contributed by atoms with Crippen LogP contribution in [0.25, 0.3) is 0 Å². The molecule has 0 bridgehead atoms. The number of hydrogen-bond donors (Lipinski definition) is 1. The lowest BCUT2D eigenvalue weighted by atomic mass is 10.4. The summed E-state index contributed by atoms with van der Waals surface area (Å²) in [5.74, 6) is -0.0707. The molecule has 1 aromatic carbocycles. The number of carboxylic acid groups (broad SMARTS) is 1. The Kier molecular flexibility index (Phi) is 4.95. The fourth-order valence-electron chi connectivity index (χ4n) is 1.33. The standard InChI is InChI=1S/C12H8Br2N2O2S/c13-7-3-1-2-4-9(7)19-6-10-15-5-8(14)11(16-10)12(17)18/h1-5H,6H2,(H,17,18). The molecule has 1 aromatic heterocycles. The summed E-state index contributed by atoms with van der Waals surface area (Å²) in [6.45, 7) is 0. The largest absolute Gasteiger partial charge is 0.476 e. The Morgan fingerprint density at radius 1 is 1.26 bits per heavy atom. The van der Waals surface area contributed by atoms with Crippen LogP contribution in [0.2, 0.25) is 0 Å². The van der Waals surface area contributed by atoms with Gasteiger partial charge >= 0.3 is 5.97 Å². The van der Waals surface area contributed by atoms with E-state index in [9.17, 15) is 4.79 Å². The predicted octanol–water partition coefficient (Wildman–Crippen LogP) is 3.99. The molecule has 7 heteroatoms. The van der Waals surface area contributed by atoms with Gasteiger partial charge in [0.1, 0.15) is 5.82 Å². The highest BCUT2D eigenvalue weighted by atomic mass is 79.9. The summed E-state index contributed by atoms with van der Waals surface area (Å²) in [5, 5.41) is 8.98. The first-order valence-electron chi connectivity index (χ1n) is 5.20. The van der Waals surface area contributed by atoms with Gasteiger partial charge in [-0.15, -0.1) is 11.8 Å². The monoisotopic (exact) mass is 402 g/mol. The second-order valence-corrected chi connectivity index (χ2v) is 6.23. The van der Waals surface area contributed by atoms with E-state index in [0.717, 1.165) is 9.37 Å². The number of carbonyl (C=O) groups is 1. The topological polar surface area (TPSA) is 63.1 Å². The average Bonchev–Trinajstić information content (AvgIpc) is 2.39. The second-order valence-electron chi connectivity index (χ2n) is 3.51. The maximum Gasteiger partial charge on any atom is 0.355 e. The van der Waals surface area contributed by atoms with Crippen LogP contribution in [-0.4, -0.2) is 21.0 Å². The number of thioether (sulfide) groups is 1. The van der Waals surface area contributed by atoms with Gasteiger partial charge < -0.3 is 5.11 Å². The molecule has 0 amide bonds. The molecule has 0 atom stereocenters. The van der Waals surface area contributed by atoms with Crippen LogP contribution in [0.4, 0.5) is 0 Å². The number of halogens is 2. The Hall–Kier alpha value is -0.920. The van der Waals surface area contributed by atoms with Crippen LogP contribution in [0.5, 0.6) is 0 Å². The zero-order valence-electron chi connectivity index (χ0n) is 9.51. The van der Waals surface area contributed by atoms with E-state index < -0.39 is 5.97 Å². The fraction of sp³-hybridized carbons (Fsp3) is 0.0833. The predicted molar refractivity (Wildman–Crippen MR) is 80.4 cm³/mol. The lowest BCUT2D eigenvalue weighted by Gasteiger charge is -2.04. The molecule has 0 saturated heterocycles. The molecular weight excluding hydrogens is 396 g/mol. The third-order valence-corrected chi connectivity index (χ3v) is 4.79. The molecule has 1 N–H and O–H groups in total. The second kappa shape index (κ2) is 6.49. The van der Waals surface area contributed by atoms with E-state index in [4.69, 9.17) is 5.11 Å². The number of aromatic nitrogens is 2. The Labute approximate surface area is 130 Å². The van der Waals surface area contributed by atoms with Crippen molar-refractivity contribution in [3.8, 4) is 0 Å². The van der Waals surface area contributed by atoms with Crippen LogP contribution in [0.15, 0.2) is 44.3 Å². The Morgan fingerprint density at radius 3 is 2.68 bits per heavy atom. The molecule has 0 radical (unpaired) electrons. The summed E-state index contributed by atoms with van der Waals surface area (Å²) in [7, 11) is 0. The SMILES string of the molecule is O=C(O)c1nc(CSc2ccccc2Br)ncc1Br. The zero-order chi connectivity index (χ0) is 13.8. The molecule has 2 aromatic rings. The maximum atomic E-state index is 11.0. The van der Waals surface area contributed by atoms with Crippen molar-refractivity contribution in [2.45, 2.75) is 10.6 Å². The molecule has 0 aliphatic heterocycles. The highest BCUT2D eigenvalue weighted by Gasteiger charge is 2.12. The van der Waals surface area contributed by atoms with Gasteiger partial charge in [0.15, 0.2) is 5.69 Å². The van der Waals surface area contributed by atoms with Gasteiger partial charge in [-0.25, -0.2) is 14.8 Å². The van der Waals surface area contributed by atoms with Crippen molar-refractivity contribution in [1.29, 1.82) is 0 Å². The van der Waals surface area contributed by atoms with Crippen LogP contribution in [0, 0.1) is 0 Å². The summed E-state index contributed by atoms with van der Waals surface area (Å²) >= 11 is 8.12. The average molecular weight is 404 g/mol. The summed E-state index contributed by atoms with van der Waals surface area (Å²) < 4.78 is 1.38. The smallest absolute Gasteiger partial charge is 0.355 e. The van der Waals surface area contributed by atoms with E-state index in [2.05, 4.69) is 41.8 Å². The van der Waals surface area contributed by atoms with Crippen molar-refractivity contribution in [2.24, 2.45) is 0 Å². The van der Waals surface area contributed by atoms with Crippen LogP contribution in [0.3, 0.4) is 0 Å². The van der Waals surface area contributed by atoms with E-state index in [1.54, 1.807) is 11.8 Å². The molecule has 2 rings (SSSR count). The highest BCUT2D eigenvalue weighted by Crippen LogP contribution is 2.29. The van der Waals surface area contributed by atoms with Gasteiger partial charge in [-0.1, -0.05) is 12.1 Å². The first-order valence-corrected chi connectivity index (χ1v) is 7.77. The lowest BCUT2D eigenvalue weighted by Crippen LogP contribution is -2.05. The number of benzene rings is 1. The van der Waals surface area contributed by atoms with Crippen molar-refractivity contribution in [1.82, 2.24) is 9.97 Å². The van der Waals surface area contributed by atoms with Gasteiger partial charge in [0, 0.05) is 15.6 Å². The van der Waals surface area contributed by atoms with Crippen LogP contribution >= 0.6 is 43.6 Å². The van der Waals surface area contributed by atoms with Crippen molar-refractivity contribution >= 4 is 49.6 Å². The van der Waals surface area contributed by atoms with Gasteiger partial charge in [-0.3, -0.25) is 0 Å². The molecular formula is C12H8Br2N2O2S. The Balaban J connectivity index is 2.14. The first kappa shape index (κ1) is 14.5. The summed E-state index contributed by atoms with van der Waals surface area (Å²) in [4.78, 5) is 20.2. The number of carboxylic acids is 1. The quantitative estimate of drug-likeness (QED) is 0.782. The fourth-order valence-corrected chi connectivity index (χ4v) is 3.12. The normalized spacial score (nSPS) is 10.4.